The van der Waals surface area contributed by atoms with Crippen LogP contribution in [0.5, 0.6) is 17.2 Å². The van der Waals surface area contributed by atoms with Crippen molar-refractivity contribution < 1.29 is 14.2 Å². The van der Waals surface area contributed by atoms with Crippen molar-refractivity contribution in [2.45, 2.75) is 19.4 Å². The van der Waals surface area contributed by atoms with E-state index in [-0.39, 0.29) is 0 Å². The minimum absolute atomic E-state index is 0.471. The van der Waals surface area contributed by atoms with Crippen molar-refractivity contribution in [1.82, 2.24) is 9.80 Å². The second-order valence-corrected chi connectivity index (χ2v) is 7.25. The van der Waals surface area contributed by atoms with Crippen molar-refractivity contribution in [2.24, 2.45) is 0 Å². The monoisotopic (exact) mass is 384 g/mol. The van der Waals surface area contributed by atoms with E-state index in [1.54, 1.807) is 21.3 Å². The molecule has 3 rings (SSSR count). The van der Waals surface area contributed by atoms with Crippen LogP contribution in [0.25, 0.3) is 0 Å². The van der Waals surface area contributed by atoms with Gasteiger partial charge in [0.2, 0.25) is 5.75 Å². The number of ether oxygens (including phenoxy) is 3. The zero-order valence-corrected chi connectivity index (χ0v) is 17.5. The number of benzene rings is 2. The van der Waals surface area contributed by atoms with Crippen LogP contribution < -0.4 is 14.2 Å². The minimum Gasteiger partial charge on any atom is -0.493 e. The number of piperazine rings is 1. The molecule has 5 heteroatoms. The minimum atomic E-state index is 0.471. The molecule has 0 N–H and O–H groups in total. The van der Waals surface area contributed by atoms with Gasteiger partial charge in [0.15, 0.2) is 11.5 Å². The summed E-state index contributed by atoms with van der Waals surface area (Å²) in [6.07, 6.45) is 0.963. The Bertz CT molecular complexity index is 718. The average Bonchev–Trinajstić information content (AvgIpc) is 2.77. The second kappa shape index (κ2) is 9.80. The number of nitrogens with zero attached hydrogens (tertiary/aromatic N) is 2. The van der Waals surface area contributed by atoms with E-state index in [1.807, 2.05) is 0 Å². The normalized spacial score (nSPS) is 16.6. The molecule has 1 heterocycles. The molecule has 1 unspecified atom stereocenters. The molecule has 0 radical (unpaired) electrons. The first-order valence-electron chi connectivity index (χ1n) is 9.96. The first-order chi connectivity index (χ1) is 13.7. The van der Waals surface area contributed by atoms with Gasteiger partial charge in [-0.3, -0.25) is 4.90 Å². The Morgan fingerprint density at radius 1 is 0.857 bits per heavy atom. The second-order valence-electron chi connectivity index (χ2n) is 7.25. The highest BCUT2D eigenvalue weighted by molar-refractivity contribution is 5.53. The van der Waals surface area contributed by atoms with E-state index >= 15 is 0 Å². The maximum atomic E-state index is 5.47. The summed E-state index contributed by atoms with van der Waals surface area (Å²) in [5, 5.41) is 0. The zero-order chi connectivity index (χ0) is 19.9. The predicted molar refractivity (Wildman–Crippen MR) is 113 cm³/mol. The average molecular weight is 385 g/mol. The van der Waals surface area contributed by atoms with Crippen LogP contribution in [-0.4, -0.2) is 63.9 Å². The quantitative estimate of drug-likeness (QED) is 0.694. The molecule has 5 nitrogen and oxygen atoms in total. The molecule has 28 heavy (non-hydrogen) atoms. The summed E-state index contributed by atoms with van der Waals surface area (Å²) in [5.41, 5.74) is 2.60. The van der Waals surface area contributed by atoms with Crippen molar-refractivity contribution in [3.8, 4) is 17.2 Å². The lowest BCUT2D eigenvalue weighted by atomic mass is 10.1. The molecule has 0 aromatic heterocycles. The summed E-state index contributed by atoms with van der Waals surface area (Å²) >= 11 is 0. The Morgan fingerprint density at radius 2 is 1.46 bits per heavy atom. The number of methoxy groups -OCH3 is 3. The molecular weight excluding hydrogens is 352 g/mol. The number of hydrogen-bond donors (Lipinski definition) is 0. The van der Waals surface area contributed by atoms with Gasteiger partial charge in [0.25, 0.3) is 0 Å². The Balaban J connectivity index is 1.54. The Hall–Kier alpha value is -2.24. The molecule has 0 amide bonds. The number of hydrogen-bond acceptors (Lipinski definition) is 5. The third-order valence-corrected chi connectivity index (χ3v) is 5.68. The van der Waals surface area contributed by atoms with Crippen LogP contribution in [-0.2, 0) is 6.42 Å². The van der Waals surface area contributed by atoms with Gasteiger partial charge in [0.05, 0.1) is 21.3 Å². The van der Waals surface area contributed by atoms with Crippen molar-refractivity contribution in [2.75, 3.05) is 54.1 Å². The highest BCUT2D eigenvalue weighted by atomic mass is 16.5. The molecule has 0 bridgehead atoms. The molecule has 1 aliphatic rings. The van der Waals surface area contributed by atoms with E-state index in [4.69, 9.17) is 14.2 Å². The summed E-state index contributed by atoms with van der Waals surface area (Å²) in [6, 6.07) is 15.3. The summed E-state index contributed by atoms with van der Waals surface area (Å²) in [4.78, 5) is 5.11. The van der Waals surface area contributed by atoms with E-state index in [2.05, 4.69) is 59.2 Å². The van der Waals surface area contributed by atoms with Crippen LogP contribution in [0.3, 0.4) is 0 Å². The predicted octanol–water partition coefficient (Wildman–Crippen LogP) is 3.63. The Kier molecular flexibility index (Phi) is 7.18. The van der Waals surface area contributed by atoms with E-state index in [0.29, 0.717) is 11.8 Å². The zero-order valence-electron chi connectivity index (χ0n) is 17.5. The summed E-state index contributed by atoms with van der Waals surface area (Å²) in [5.74, 6) is 2.09. The van der Waals surface area contributed by atoms with Crippen LogP contribution in [0, 0.1) is 0 Å². The Morgan fingerprint density at radius 3 is 2.00 bits per heavy atom. The SMILES string of the molecule is COc1cc(CCN2CCN(C(C)c3ccccc3)CC2)cc(OC)c1OC. The first kappa shape index (κ1) is 20.5. The van der Waals surface area contributed by atoms with Crippen LogP contribution in [0.1, 0.15) is 24.1 Å². The van der Waals surface area contributed by atoms with E-state index in [1.165, 1.54) is 11.1 Å². The number of rotatable bonds is 8. The molecular formula is C23H32N2O3. The van der Waals surface area contributed by atoms with Gasteiger partial charge in [0, 0.05) is 38.8 Å². The van der Waals surface area contributed by atoms with Crippen LogP contribution in [0.15, 0.2) is 42.5 Å². The third kappa shape index (κ3) is 4.78. The van der Waals surface area contributed by atoms with Crippen LogP contribution >= 0.6 is 0 Å². The van der Waals surface area contributed by atoms with Gasteiger partial charge >= 0.3 is 0 Å². The lowest BCUT2D eigenvalue weighted by Crippen LogP contribution is -2.47. The summed E-state index contributed by atoms with van der Waals surface area (Å²) in [6.45, 7) is 7.74. The summed E-state index contributed by atoms with van der Waals surface area (Å²) in [7, 11) is 4.96. The van der Waals surface area contributed by atoms with Gasteiger partial charge in [-0.15, -0.1) is 0 Å². The van der Waals surface area contributed by atoms with Gasteiger partial charge in [-0.1, -0.05) is 30.3 Å². The van der Waals surface area contributed by atoms with E-state index in [9.17, 15) is 0 Å². The van der Waals surface area contributed by atoms with Gasteiger partial charge < -0.3 is 19.1 Å². The Labute approximate surface area is 168 Å². The molecule has 0 spiro atoms. The maximum absolute atomic E-state index is 5.47. The first-order valence-corrected chi connectivity index (χ1v) is 9.96. The van der Waals surface area contributed by atoms with Gasteiger partial charge in [-0.2, -0.15) is 0 Å². The van der Waals surface area contributed by atoms with Gasteiger partial charge in [-0.25, -0.2) is 0 Å². The van der Waals surface area contributed by atoms with Crippen molar-refractivity contribution >= 4 is 0 Å². The largest absolute Gasteiger partial charge is 0.493 e. The van der Waals surface area contributed by atoms with Gasteiger partial charge in [-0.05, 0) is 36.6 Å². The smallest absolute Gasteiger partial charge is 0.203 e. The third-order valence-electron chi connectivity index (χ3n) is 5.68. The van der Waals surface area contributed by atoms with E-state index in [0.717, 1.165) is 50.6 Å². The van der Waals surface area contributed by atoms with Crippen LogP contribution in [0.4, 0.5) is 0 Å². The van der Waals surface area contributed by atoms with Gasteiger partial charge in [0.1, 0.15) is 0 Å². The van der Waals surface area contributed by atoms with Crippen molar-refractivity contribution in [1.29, 1.82) is 0 Å². The molecule has 2 aromatic carbocycles. The molecule has 152 valence electrons. The fourth-order valence-corrected chi connectivity index (χ4v) is 3.88. The topological polar surface area (TPSA) is 34.2 Å². The molecule has 1 saturated heterocycles. The van der Waals surface area contributed by atoms with E-state index < -0.39 is 0 Å². The highest BCUT2D eigenvalue weighted by Gasteiger charge is 2.22. The molecule has 0 saturated carbocycles. The molecule has 0 aliphatic carbocycles. The standard InChI is InChI=1S/C23H32N2O3/c1-18(20-8-6-5-7-9-20)25-14-12-24(13-15-25)11-10-19-16-21(26-2)23(28-4)22(17-19)27-3/h5-9,16-18H,10-15H2,1-4H3. The molecule has 1 aliphatic heterocycles. The van der Waals surface area contributed by atoms with Crippen molar-refractivity contribution in [3.05, 3.63) is 53.6 Å². The lowest BCUT2D eigenvalue weighted by molar-refractivity contribution is 0.103. The fourth-order valence-electron chi connectivity index (χ4n) is 3.88. The molecule has 1 atom stereocenters. The maximum Gasteiger partial charge on any atom is 0.203 e. The molecule has 2 aromatic rings. The highest BCUT2D eigenvalue weighted by Crippen LogP contribution is 2.38. The van der Waals surface area contributed by atoms with Crippen molar-refractivity contribution in [3.63, 3.8) is 0 Å². The fraction of sp³-hybridized carbons (Fsp3) is 0.478. The summed E-state index contributed by atoms with van der Waals surface area (Å²) < 4.78 is 16.3. The molecule has 1 fully saturated rings. The van der Waals surface area contributed by atoms with Crippen LogP contribution in [0.2, 0.25) is 0 Å². The lowest BCUT2D eigenvalue weighted by Gasteiger charge is -2.38.